The summed E-state index contributed by atoms with van der Waals surface area (Å²) in [5, 5.41) is 17.4. The molecule has 1 heterocycles. The second-order valence-corrected chi connectivity index (χ2v) is 12.3. The summed E-state index contributed by atoms with van der Waals surface area (Å²) in [5.41, 5.74) is 8.57. The molecule has 3 amide bonds. The van der Waals surface area contributed by atoms with Gasteiger partial charge in [0, 0.05) is 35.1 Å². The van der Waals surface area contributed by atoms with Crippen LogP contribution in [0.25, 0.3) is 22.0 Å². The van der Waals surface area contributed by atoms with Crippen molar-refractivity contribution < 1.29 is 33.4 Å². The summed E-state index contributed by atoms with van der Waals surface area (Å²) in [7, 11) is 1.15. The zero-order chi connectivity index (χ0) is 35.2. The Labute approximate surface area is 281 Å². The molecule has 3 aromatic carbocycles. The van der Waals surface area contributed by atoms with Gasteiger partial charge in [-0.25, -0.2) is 14.0 Å². The minimum Gasteiger partial charge on any atom is -0.477 e. The van der Waals surface area contributed by atoms with E-state index in [-0.39, 0.29) is 40.6 Å². The molecule has 1 aromatic heterocycles. The van der Waals surface area contributed by atoms with Gasteiger partial charge in [0.2, 0.25) is 17.2 Å². The maximum absolute atomic E-state index is 14.7. The van der Waals surface area contributed by atoms with Crippen molar-refractivity contribution >= 4 is 46.2 Å². The molecule has 1 fully saturated rings. The van der Waals surface area contributed by atoms with E-state index in [0.29, 0.717) is 30.8 Å². The third-order valence-electron chi connectivity index (χ3n) is 9.00. The van der Waals surface area contributed by atoms with Crippen LogP contribution in [0.3, 0.4) is 0 Å². The molecular formula is C36H38FN5O7. The number of benzene rings is 3. The summed E-state index contributed by atoms with van der Waals surface area (Å²) in [6.45, 7) is 2.40. The van der Waals surface area contributed by atoms with Gasteiger partial charge >= 0.3 is 12.1 Å². The highest BCUT2D eigenvalue weighted by Crippen LogP contribution is 2.30. The number of carbonyl (C=O) groups excluding carboxylic acids is 3. The lowest BCUT2D eigenvalue weighted by Gasteiger charge is -2.28. The molecule has 0 unspecified atom stereocenters. The number of rotatable bonds is 10. The summed E-state index contributed by atoms with van der Waals surface area (Å²) in [6, 6.07) is 13.6. The molecule has 0 radical (unpaired) electrons. The van der Waals surface area contributed by atoms with Gasteiger partial charge in [0.25, 0.3) is 0 Å². The fourth-order valence-corrected chi connectivity index (χ4v) is 6.15. The minimum absolute atomic E-state index is 0.124. The fraction of sp³-hybridized carbons (Fsp3) is 0.306. The van der Waals surface area contributed by atoms with Crippen LogP contribution in [0.1, 0.15) is 47.2 Å². The number of anilines is 2. The van der Waals surface area contributed by atoms with Gasteiger partial charge < -0.3 is 31.2 Å². The Bertz CT molecular complexity index is 1950. The highest BCUT2D eigenvalue weighted by molar-refractivity contribution is 5.98. The highest BCUT2D eigenvalue weighted by atomic mass is 19.1. The smallest absolute Gasteiger partial charge is 0.411 e. The molecule has 1 saturated carbocycles. The van der Waals surface area contributed by atoms with E-state index in [0.717, 1.165) is 48.3 Å². The van der Waals surface area contributed by atoms with E-state index in [4.69, 9.17) is 5.73 Å². The van der Waals surface area contributed by atoms with Crippen molar-refractivity contribution in [2.75, 3.05) is 24.3 Å². The predicted molar refractivity (Wildman–Crippen MR) is 183 cm³/mol. The van der Waals surface area contributed by atoms with Crippen molar-refractivity contribution in [1.82, 2.24) is 10.3 Å². The molecule has 5 rings (SSSR count). The lowest BCUT2D eigenvalue weighted by atomic mass is 9.81. The minimum atomic E-state index is -1.30. The third-order valence-corrected chi connectivity index (χ3v) is 9.00. The third kappa shape index (κ3) is 8.12. The first-order chi connectivity index (χ1) is 23.5. The van der Waals surface area contributed by atoms with E-state index in [9.17, 15) is 33.5 Å². The number of aryl methyl sites for hydroxylation is 1. The molecular weight excluding hydrogens is 633 g/mol. The Morgan fingerprint density at radius 2 is 1.73 bits per heavy atom. The van der Waals surface area contributed by atoms with Crippen molar-refractivity contribution in [1.29, 1.82) is 0 Å². The van der Waals surface area contributed by atoms with E-state index in [1.807, 2.05) is 31.2 Å². The second-order valence-electron chi connectivity index (χ2n) is 12.3. The first-order valence-corrected chi connectivity index (χ1v) is 15.9. The number of carboxylic acid groups (broad SMARTS) is 1. The number of aromatic nitrogens is 1. The maximum Gasteiger partial charge on any atom is 0.411 e. The van der Waals surface area contributed by atoms with E-state index in [2.05, 4.69) is 25.7 Å². The molecule has 0 aliphatic heterocycles. The van der Waals surface area contributed by atoms with E-state index < -0.39 is 35.3 Å². The summed E-state index contributed by atoms with van der Waals surface area (Å²) in [6.07, 6.45) is 3.49. The van der Waals surface area contributed by atoms with Crippen LogP contribution in [-0.4, -0.2) is 53.7 Å². The number of aromatic amines is 1. The van der Waals surface area contributed by atoms with Gasteiger partial charge in [-0.15, -0.1) is 0 Å². The molecule has 0 saturated heterocycles. The molecule has 7 N–H and O–H groups in total. The number of hydrogen-bond acceptors (Lipinski definition) is 7. The monoisotopic (exact) mass is 671 g/mol. The summed E-state index contributed by atoms with van der Waals surface area (Å²) >= 11 is 0. The van der Waals surface area contributed by atoms with Crippen LogP contribution >= 0.6 is 0 Å². The molecule has 0 bridgehead atoms. The van der Waals surface area contributed by atoms with Crippen LogP contribution in [0.15, 0.2) is 65.6 Å². The van der Waals surface area contributed by atoms with E-state index in [1.165, 1.54) is 18.3 Å². The Balaban J connectivity index is 1.36. The molecule has 12 nitrogen and oxygen atoms in total. The Morgan fingerprint density at radius 1 is 1.02 bits per heavy atom. The number of halogens is 1. The number of fused-ring (bicyclic) bond motifs is 1. The molecule has 49 heavy (non-hydrogen) atoms. The molecule has 1 atom stereocenters. The standard InChI is InChI=1S/C36H38FN5O7/c1-19-13-26-30(39-18-27(32(26)43)35(46)47)16-25(19)22-7-3-20(4-8-22)14-31(41-33(44)23-9-5-21(17-38)6-10-23)34(45)40-24-11-12-29(28(37)15-24)42-36(48)49-2/h3-4,7-8,11-13,15-16,18,21,23,31H,5-6,9-10,14,17,38H2,1-2H3,(H,39,43)(H,40,45)(H,41,44)(H,42,48)(H,46,47)/t21?,23?,31-/m0/s1. The normalized spacial score (nSPS) is 16.4. The van der Waals surface area contributed by atoms with Crippen molar-refractivity contribution in [2.24, 2.45) is 17.6 Å². The molecule has 1 aliphatic carbocycles. The fourth-order valence-electron chi connectivity index (χ4n) is 6.15. The van der Waals surface area contributed by atoms with Crippen LogP contribution in [-0.2, 0) is 20.7 Å². The van der Waals surface area contributed by atoms with Gasteiger partial charge in [-0.1, -0.05) is 24.3 Å². The number of carbonyl (C=O) groups is 4. The van der Waals surface area contributed by atoms with Crippen LogP contribution < -0.4 is 27.1 Å². The lowest BCUT2D eigenvalue weighted by Crippen LogP contribution is -2.48. The Kier molecular flexibility index (Phi) is 10.7. The Morgan fingerprint density at radius 3 is 2.37 bits per heavy atom. The zero-order valence-corrected chi connectivity index (χ0v) is 27.1. The summed E-state index contributed by atoms with van der Waals surface area (Å²) < 4.78 is 19.2. The van der Waals surface area contributed by atoms with Gasteiger partial charge in [0.15, 0.2) is 0 Å². The number of aromatic carboxylic acids is 1. The summed E-state index contributed by atoms with van der Waals surface area (Å²) in [4.78, 5) is 65.4. The SMILES string of the molecule is COC(=O)Nc1ccc(NC(=O)[C@H](Cc2ccc(-c3cc4[nH]cc(C(=O)O)c(=O)c4cc3C)cc2)NC(=O)C2CCC(CN)CC2)cc1F. The van der Waals surface area contributed by atoms with Crippen LogP contribution in [0.2, 0.25) is 0 Å². The first kappa shape index (κ1) is 34.8. The number of pyridine rings is 1. The predicted octanol–water partition coefficient (Wildman–Crippen LogP) is 4.95. The van der Waals surface area contributed by atoms with E-state index in [1.54, 1.807) is 12.1 Å². The van der Waals surface area contributed by atoms with Crippen LogP contribution in [0.4, 0.5) is 20.6 Å². The number of carboxylic acids is 1. The average Bonchev–Trinajstić information content (AvgIpc) is 3.09. The summed E-state index contributed by atoms with van der Waals surface area (Å²) in [5.74, 6) is -2.75. The first-order valence-electron chi connectivity index (χ1n) is 15.9. The number of ether oxygens (including phenoxy) is 1. The lowest BCUT2D eigenvalue weighted by molar-refractivity contribution is -0.130. The topological polar surface area (TPSA) is 193 Å². The van der Waals surface area contributed by atoms with Gasteiger partial charge in [-0.2, -0.15) is 0 Å². The van der Waals surface area contributed by atoms with Crippen LogP contribution in [0.5, 0.6) is 0 Å². The largest absolute Gasteiger partial charge is 0.477 e. The number of amides is 3. The van der Waals surface area contributed by atoms with Gasteiger partial charge in [-0.05, 0) is 97.7 Å². The molecule has 13 heteroatoms. The zero-order valence-electron chi connectivity index (χ0n) is 27.1. The van der Waals surface area contributed by atoms with Crippen molar-refractivity contribution in [3.63, 3.8) is 0 Å². The number of hydrogen-bond donors (Lipinski definition) is 6. The second kappa shape index (κ2) is 15.1. The van der Waals surface area contributed by atoms with E-state index >= 15 is 0 Å². The number of methoxy groups -OCH3 is 1. The Hall–Kier alpha value is -5.56. The molecule has 256 valence electrons. The van der Waals surface area contributed by atoms with Gasteiger partial charge in [0.1, 0.15) is 17.4 Å². The van der Waals surface area contributed by atoms with Gasteiger partial charge in [-0.3, -0.25) is 19.7 Å². The average molecular weight is 672 g/mol. The van der Waals surface area contributed by atoms with Crippen molar-refractivity contribution in [2.45, 2.75) is 45.1 Å². The van der Waals surface area contributed by atoms with Gasteiger partial charge in [0.05, 0.1) is 12.8 Å². The molecule has 0 spiro atoms. The van der Waals surface area contributed by atoms with Crippen molar-refractivity contribution in [3.05, 3.63) is 93.5 Å². The number of nitrogens with two attached hydrogens (primary N) is 1. The van der Waals surface area contributed by atoms with Crippen molar-refractivity contribution in [3.8, 4) is 11.1 Å². The number of nitrogens with one attached hydrogen (secondary N) is 4. The molecule has 1 aliphatic rings. The maximum atomic E-state index is 14.7. The molecule has 4 aromatic rings. The highest BCUT2D eigenvalue weighted by Gasteiger charge is 2.29. The number of H-pyrrole nitrogens is 1. The quantitative estimate of drug-likeness (QED) is 0.136. The van der Waals surface area contributed by atoms with Crippen LogP contribution in [0, 0.1) is 24.6 Å².